The van der Waals surface area contributed by atoms with Crippen molar-refractivity contribution in [2.24, 2.45) is 0 Å². The average Bonchev–Trinajstić information content (AvgIpc) is 3.22. The second kappa shape index (κ2) is 6.74. The van der Waals surface area contributed by atoms with Gasteiger partial charge in [-0.1, -0.05) is 27.5 Å². The molecule has 0 aliphatic carbocycles. The molecule has 6 heteroatoms. The van der Waals surface area contributed by atoms with Gasteiger partial charge >= 0.3 is 0 Å². The van der Waals surface area contributed by atoms with Crippen LogP contribution in [0.2, 0.25) is 5.02 Å². The molecule has 4 nitrogen and oxygen atoms in total. The van der Waals surface area contributed by atoms with E-state index in [1.165, 1.54) is 0 Å². The zero-order chi connectivity index (χ0) is 18.3. The van der Waals surface area contributed by atoms with Gasteiger partial charge in [-0.25, -0.2) is 9.67 Å². The molecule has 4 aromatic rings. The predicted molar refractivity (Wildman–Crippen MR) is 108 cm³/mol. The van der Waals surface area contributed by atoms with Crippen LogP contribution in [0.25, 0.3) is 22.6 Å². The molecule has 0 saturated carbocycles. The van der Waals surface area contributed by atoms with E-state index in [1.54, 1.807) is 6.20 Å². The summed E-state index contributed by atoms with van der Waals surface area (Å²) in [6.45, 7) is 4.01. The number of imidazole rings is 1. The molecule has 0 N–H and O–H groups in total. The second-order valence-electron chi connectivity index (χ2n) is 6.07. The van der Waals surface area contributed by atoms with E-state index >= 15 is 0 Å². The molecule has 0 aliphatic rings. The van der Waals surface area contributed by atoms with E-state index in [9.17, 15) is 0 Å². The van der Waals surface area contributed by atoms with Gasteiger partial charge in [-0.3, -0.25) is 0 Å². The molecule has 2 heterocycles. The minimum Gasteiger partial charge on any atom is -0.303 e. The van der Waals surface area contributed by atoms with Crippen molar-refractivity contribution in [2.75, 3.05) is 0 Å². The number of aromatic nitrogens is 4. The second-order valence-corrected chi connectivity index (χ2v) is 7.42. The van der Waals surface area contributed by atoms with Gasteiger partial charge in [-0.2, -0.15) is 5.10 Å². The average molecular weight is 428 g/mol. The number of benzene rings is 2. The molecule has 0 saturated heterocycles. The number of aryl methyl sites for hydroxylation is 2. The van der Waals surface area contributed by atoms with Gasteiger partial charge in [0.1, 0.15) is 5.82 Å². The van der Waals surface area contributed by atoms with Crippen molar-refractivity contribution in [3.8, 4) is 22.6 Å². The normalized spacial score (nSPS) is 11.1. The molecule has 0 bridgehead atoms. The number of halogens is 2. The maximum Gasteiger partial charge on any atom is 0.110 e. The molecule has 26 heavy (non-hydrogen) atoms. The van der Waals surface area contributed by atoms with E-state index in [4.69, 9.17) is 11.6 Å². The van der Waals surface area contributed by atoms with Crippen molar-refractivity contribution < 1.29 is 0 Å². The summed E-state index contributed by atoms with van der Waals surface area (Å²) in [5, 5.41) is 5.22. The van der Waals surface area contributed by atoms with E-state index in [-0.39, 0.29) is 0 Å². The first kappa shape index (κ1) is 17.1. The Hall–Kier alpha value is -2.37. The fraction of sp³-hybridized carbons (Fsp3) is 0.100. The molecule has 0 fully saturated rings. The fourth-order valence-corrected chi connectivity index (χ4v) is 3.57. The SMILES string of the molecule is Cc1cn(-c2ccc(Br)cc2-c2ccnn2-c2ccc(Cl)cc2)c(C)n1. The largest absolute Gasteiger partial charge is 0.303 e. The summed E-state index contributed by atoms with van der Waals surface area (Å²) in [6, 6.07) is 15.9. The van der Waals surface area contributed by atoms with Crippen LogP contribution in [0.4, 0.5) is 0 Å². The van der Waals surface area contributed by atoms with Crippen molar-refractivity contribution in [3.63, 3.8) is 0 Å². The summed E-state index contributed by atoms with van der Waals surface area (Å²) in [7, 11) is 0. The van der Waals surface area contributed by atoms with Crippen molar-refractivity contribution in [2.45, 2.75) is 13.8 Å². The van der Waals surface area contributed by atoms with Crippen LogP contribution in [0.5, 0.6) is 0 Å². The van der Waals surface area contributed by atoms with Gasteiger partial charge in [0, 0.05) is 21.3 Å². The van der Waals surface area contributed by atoms with Gasteiger partial charge in [-0.15, -0.1) is 0 Å². The molecule has 2 aromatic carbocycles. The summed E-state index contributed by atoms with van der Waals surface area (Å²) in [6.07, 6.45) is 3.85. The molecule has 0 atom stereocenters. The summed E-state index contributed by atoms with van der Waals surface area (Å²) >= 11 is 9.63. The highest BCUT2D eigenvalue weighted by molar-refractivity contribution is 9.10. The molecule has 4 rings (SSSR count). The first-order chi connectivity index (χ1) is 12.5. The number of nitrogens with zero attached hydrogens (tertiary/aromatic N) is 4. The van der Waals surface area contributed by atoms with E-state index in [0.717, 1.165) is 38.6 Å². The molecule has 0 aliphatic heterocycles. The van der Waals surface area contributed by atoms with Crippen LogP contribution in [-0.2, 0) is 0 Å². The highest BCUT2D eigenvalue weighted by Gasteiger charge is 2.15. The third-order valence-electron chi connectivity index (χ3n) is 4.21. The van der Waals surface area contributed by atoms with Crippen molar-refractivity contribution in [1.82, 2.24) is 19.3 Å². The van der Waals surface area contributed by atoms with Crippen LogP contribution in [0, 0.1) is 13.8 Å². The highest BCUT2D eigenvalue weighted by Crippen LogP contribution is 2.32. The van der Waals surface area contributed by atoms with Gasteiger partial charge in [-0.05, 0) is 62.4 Å². The maximum atomic E-state index is 6.03. The van der Waals surface area contributed by atoms with E-state index in [2.05, 4.69) is 42.7 Å². The van der Waals surface area contributed by atoms with Gasteiger partial charge < -0.3 is 4.57 Å². The third kappa shape index (κ3) is 3.08. The molecule has 0 unspecified atom stereocenters. The molecular formula is C20H16BrClN4. The molecule has 130 valence electrons. The lowest BCUT2D eigenvalue weighted by Crippen LogP contribution is -2.03. The first-order valence-electron chi connectivity index (χ1n) is 8.16. The lowest BCUT2D eigenvalue weighted by molar-refractivity contribution is 0.884. The fourth-order valence-electron chi connectivity index (χ4n) is 3.08. The Bertz CT molecular complexity index is 1080. The Kier molecular flexibility index (Phi) is 4.42. The summed E-state index contributed by atoms with van der Waals surface area (Å²) < 4.78 is 5.03. The van der Waals surface area contributed by atoms with Crippen LogP contribution in [0.15, 0.2) is 65.4 Å². The quantitative estimate of drug-likeness (QED) is 0.417. The minimum absolute atomic E-state index is 0.704. The maximum absolute atomic E-state index is 6.03. The van der Waals surface area contributed by atoms with Crippen LogP contribution in [0.3, 0.4) is 0 Å². The van der Waals surface area contributed by atoms with E-state index < -0.39 is 0 Å². The van der Waals surface area contributed by atoms with Gasteiger partial charge in [0.05, 0.1) is 29.0 Å². The van der Waals surface area contributed by atoms with Crippen LogP contribution < -0.4 is 0 Å². The molecular weight excluding hydrogens is 412 g/mol. The van der Waals surface area contributed by atoms with Crippen molar-refractivity contribution >= 4 is 27.5 Å². The Balaban J connectivity index is 1.92. The standard InChI is InChI=1S/C20H16BrClN4/c1-13-12-25(14(2)24-13)19-8-3-15(21)11-18(19)20-9-10-23-26(20)17-6-4-16(22)5-7-17/h3-12H,1-2H3. The summed E-state index contributed by atoms with van der Waals surface area (Å²) in [5.74, 6) is 0.948. The van der Waals surface area contributed by atoms with Crippen LogP contribution >= 0.6 is 27.5 Å². The Morgan fingerprint density at radius 3 is 2.46 bits per heavy atom. The molecule has 0 amide bonds. The lowest BCUT2D eigenvalue weighted by Gasteiger charge is -2.14. The number of rotatable bonds is 3. The van der Waals surface area contributed by atoms with Crippen molar-refractivity contribution in [1.29, 1.82) is 0 Å². The molecule has 0 spiro atoms. The monoisotopic (exact) mass is 426 g/mol. The highest BCUT2D eigenvalue weighted by atomic mass is 79.9. The third-order valence-corrected chi connectivity index (χ3v) is 4.96. The summed E-state index contributed by atoms with van der Waals surface area (Å²) in [4.78, 5) is 4.54. The van der Waals surface area contributed by atoms with Crippen molar-refractivity contribution in [3.05, 3.63) is 81.9 Å². The number of hydrogen-bond donors (Lipinski definition) is 0. The van der Waals surface area contributed by atoms with E-state index in [0.29, 0.717) is 5.02 Å². The first-order valence-corrected chi connectivity index (χ1v) is 9.33. The van der Waals surface area contributed by atoms with Gasteiger partial charge in [0.2, 0.25) is 0 Å². The molecule has 0 radical (unpaired) electrons. The minimum atomic E-state index is 0.704. The Labute approximate surface area is 165 Å². The van der Waals surface area contributed by atoms with Crippen LogP contribution in [0.1, 0.15) is 11.5 Å². The van der Waals surface area contributed by atoms with Gasteiger partial charge in [0.15, 0.2) is 0 Å². The van der Waals surface area contributed by atoms with E-state index in [1.807, 2.05) is 61.1 Å². The Morgan fingerprint density at radius 1 is 1.00 bits per heavy atom. The smallest absolute Gasteiger partial charge is 0.110 e. The van der Waals surface area contributed by atoms with Crippen LogP contribution in [-0.4, -0.2) is 19.3 Å². The predicted octanol–water partition coefficient (Wildman–Crippen LogP) is 5.76. The lowest BCUT2D eigenvalue weighted by atomic mass is 10.1. The topological polar surface area (TPSA) is 35.6 Å². The molecule has 2 aromatic heterocycles. The Morgan fingerprint density at radius 2 is 1.77 bits per heavy atom. The summed E-state index contributed by atoms with van der Waals surface area (Å²) in [5.41, 5.74) is 5.06. The van der Waals surface area contributed by atoms with Gasteiger partial charge in [0.25, 0.3) is 0 Å². The zero-order valence-corrected chi connectivity index (χ0v) is 16.7. The zero-order valence-electron chi connectivity index (χ0n) is 14.3. The number of hydrogen-bond acceptors (Lipinski definition) is 2.